The van der Waals surface area contributed by atoms with Crippen LogP contribution in [-0.4, -0.2) is 25.9 Å². The largest absolute Gasteiger partial charge is 0.366 e. The van der Waals surface area contributed by atoms with Crippen LogP contribution in [0.25, 0.3) is 5.65 Å². The maximum absolute atomic E-state index is 4.45. The smallest absolute Gasteiger partial charge is 0.178 e. The van der Waals surface area contributed by atoms with Crippen molar-refractivity contribution in [3.8, 4) is 0 Å². The van der Waals surface area contributed by atoms with Gasteiger partial charge in [0.05, 0.1) is 0 Å². The molecule has 1 N–H and O–H groups in total. The summed E-state index contributed by atoms with van der Waals surface area (Å²) >= 11 is 0. The minimum absolute atomic E-state index is 0.474. The molecule has 0 aliphatic heterocycles. The van der Waals surface area contributed by atoms with Crippen molar-refractivity contribution in [1.29, 1.82) is 0 Å². The minimum atomic E-state index is 0.474. The van der Waals surface area contributed by atoms with Crippen LogP contribution in [0.4, 0.5) is 5.82 Å². The first-order valence-electron chi connectivity index (χ1n) is 5.70. The van der Waals surface area contributed by atoms with Gasteiger partial charge in [0, 0.05) is 6.04 Å². The van der Waals surface area contributed by atoms with E-state index >= 15 is 0 Å². The first-order chi connectivity index (χ1) is 7.74. The van der Waals surface area contributed by atoms with Gasteiger partial charge in [-0.2, -0.15) is 4.52 Å². The van der Waals surface area contributed by atoms with Gasteiger partial charge in [-0.3, -0.25) is 0 Å². The molecule has 2 heterocycles. The summed E-state index contributed by atoms with van der Waals surface area (Å²) in [6.45, 7) is 6.24. The molecule has 0 fully saturated rings. The molecule has 5 heteroatoms. The molecule has 5 nitrogen and oxygen atoms in total. The van der Waals surface area contributed by atoms with Gasteiger partial charge in [0.1, 0.15) is 5.82 Å². The topological polar surface area (TPSA) is 55.1 Å². The molecule has 0 amide bonds. The number of aromatic nitrogens is 4. The molecular formula is C11H17N5. The summed E-state index contributed by atoms with van der Waals surface area (Å²) in [5.41, 5.74) is 0.785. The van der Waals surface area contributed by atoms with E-state index in [1.165, 1.54) is 0 Å². The Labute approximate surface area is 94.9 Å². The number of fused-ring (bicyclic) bond motifs is 1. The fourth-order valence-electron chi connectivity index (χ4n) is 1.68. The zero-order valence-corrected chi connectivity index (χ0v) is 9.94. The van der Waals surface area contributed by atoms with Gasteiger partial charge in [0.15, 0.2) is 11.5 Å². The van der Waals surface area contributed by atoms with E-state index in [1.807, 2.05) is 19.1 Å². The van der Waals surface area contributed by atoms with Crippen LogP contribution in [-0.2, 0) is 0 Å². The summed E-state index contributed by atoms with van der Waals surface area (Å²) in [6, 6.07) is 4.35. The molecule has 0 saturated carbocycles. The molecule has 0 aliphatic rings. The number of hydrogen-bond donors (Lipinski definition) is 1. The SMILES string of the molecule is CCC(CC)Nc1ccc2nnc(C)n2n1. The molecule has 0 aliphatic carbocycles. The second-order valence-corrected chi connectivity index (χ2v) is 3.89. The molecule has 0 spiro atoms. The Kier molecular flexibility index (Phi) is 3.03. The van der Waals surface area contributed by atoms with Crippen LogP contribution >= 0.6 is 0 Å². The fraction of sp³-hybridized carbons (Fsp3) is 0.545. The normalized spacial score (nSPS) is 11.2. The first-order valence-corrected chi connectivity index (χ1v) is 5.70. The predicted octanol–water partition coefficient (Wildman–Crippen LogP) is 2.03. The van der Waals surface area contributed by atoms with Crippen LogP contribution in [0.15, 0.2) is 12.1 Å². The van der Waals surface area contributed by atoms with Gasteiger partial charge >= 0.3 is 0 Å². The average Bonchev–Trinajstić information content (AvgIpc) is 2.68. The zero-order chi connectivity index (χ0) is 11.5. The van der Waals surface area contributed by atoms with E-state index in [2.05, 4.69) is 34.5 Å². The van der Waals surface area contributed by atoms with Crippen LogP contribution in [0.3, 0.4) is 0 Å². The van der Waals surface area contributed by atoms with E-state index in [0.29, 0.717) is 6.04 Å². The number of aryl methyl sites for hydroxylation is 1. The summed E-state index contributed by atoms with van der Waals surface area (Å²) in [5.74, 6) is 1.69. The fourth-order valence-corrected chi connectivity index (χ4v) is 1.68. The standard InChI is InChI=1S/C11H17N5/c1-4-9(5-2)12-10-6-7-11-14-13-8(3)16(11)15-10/h6-7,9H,4-5H2,1-3H3,(H,12,15). The summed E-state index contributed by atoms with van der Waals surface area (Å²) in [6.07, 6.45) is 2.19. The lowest BCUT2D eigenvalue weighted by molar-refractivity contribution is 0.664. The summed E-state index contributed by atoms with van der Waals surface area (Å²) < 4.78 is 1.75. The van der Waals surface area contributed by atoms with Gasteiger partial charge in [0.25, 0.3) is 0 Å². The van der Waals surface area contributed by atoms with Crippen molar-refractivity contribution in [3.63, 3.8) is 0 Å². The molecule has 0 radical (unpaired) electrons. The van der Waals surface area contributed by atoms with Gasteiger partial charge in [-0.15, -0.1) is 15.3 Å². The Bertz CT molecular complexity index is 472. The highest BCUT2D eigenvalue weighted by Crippen LogP contribution is 2.10. The molecule has 0 bridgehead atoms. The molecule has 2 rings (SSSR count). The highest BCUT2D eigenvalue weighted by Gasteiger charge is 2.06. The number of rotatable bonds is 4. The maximum atomic E-state index is 4.45. The lowest BCUT2D eigenvalue weighted by Gasteiger charge is -2.14. The van der Waals surface area contributed by atoms with E-state index < -0.39 is 0 Å². The van der Waals surface area contributed by atoms with Crippen molar-refractivity contribution in [2.24, 2.45) is 0 Å². The number of nitrogens with zero attached hydrogens (tertiary/aromatic N) is 4. The Morgan fingerprint density at radius 2 is 2.00 bits per heavy atom. The van der Waals surface area contributed by atoms with Crippen LogP contribution in [0, 0.1) is 6.92 Å². The molecule has 0 saturated heterocycles. The minimum Gasteiger partial charge on any atom is -0.366 e. The van der Waals surface area contributed by atoms with Crippen LogP contribution in [0.5, 0.6) is 0 Å². The molecular weight excluding hydrogens is 202 g/mol. The van der Waals surface area contributed by atoms with Crippen molar-refractivity contribution in [1.82, 2.24) is 19.8 Å². The third-order valence-corrected chi connectivity index (χ3v) is 2.76. The third kappa shape index (κ3) is 1.98. The first kappa shape index (κ1) is 10.9. The van der Waals surface area contributed by atoms with Crippen molar-refractivity contribution >= 4 is 11.5 Å². The predicted molar refractivity (Wildman–Crippen MR) is 63.5 cm³/mol. The Morgan fingerprint density at radius 1 is 1.25 bits per heavy atom. The van der Waals surface area contributed by atoms with Gasteiger partial charge in [-0.1, -0.05) is 13.8 Å². The number of anilines is 1. The second-order valence-electron chi connectivity index (χ2n) is 3.89. The molecule has 16 heavy (non-hydrogen) atoms. The monoisotopic (exact) mass is 219 g/mol. The molecule has 86 valence electrons. The highest BCUT2D eigenvalue weighted by atomic mass is 15.4. The van der Waals surface area contributed by atoms with Crippen molar-refractivity contribution in [2.45, 2.75) is 39.7 Å². The van der Waals surface area contributed by atoms with Crippen LogP contribution in [0.2, 0.25) is 0 Å². The Hall–Kier alpha value is -1.65. The molecule has 0 aromatic carbocycles. The lowest BCUT2D eigenvalue weighted by atomic mass is 10.2. The lowest BCUT2D eigenvalue weighted by Crippen LogP contribution is -2.18. The molecule has 0 unspecified atom stereocenters. The highest BCUT2D eigenvalue weighted by molar-refractivity contribution is 5.44. The quantitative estimate of drug-likeness (QED) is 0.854. The summed E-state index contributed by atoms with van der Waals surface area (Å²) in [5, 5.41) is 15.8. The summed E-state index contributed by atoms with van der Waals surface area (Å²) in [7, 11) is 0. The molecule has 2 aromatic heterocycles. The zero-order valence-electron chi connectivity index (χ0n) is 9.94. The molecule has 0 atom stereocenters. The summed E-state index contributed by atoms with van der Waals surface area (Å²) in [4.78, 5) is 0. The second kappa shape index (κ2) is 4.47. The van der Waals surface area contributed by atoms with Crippen molar-refractivity contribution in [2.75, 3.05) is 5.32 Å². The van der Waals surface area contributed by atoms with E-state index in [1.54, 1.807) is 4.52 Å². The van der Waals surface area contributed by atoms with Gasteiger partial charge < -0.3 is 5.32 Å². The van der Waals surface area contributed by atoms with Gasteiger partial charge in [-0.25, -0.2) is 0 Å². The van der Waals surface area contributed by atoms with Crippen LogP contribution < -0.4 is 5.32 Å². The Balaban J connectivity index is 2.28. The van der Waals surface area contributed by atoms with Gasteiger partial charge in [-0.05, 0) is 31.9 Å². The third-order valence-electron chi connectivity index (χ3n) is 2.76. The van der Waals surface area contributed by atoms with E-state index in [4.69, 9.17) is 0 Å². The van der Waals surface area contributed by atoms with E-state index in [0.717, 1.165) is 30.1 Å². The van der Waals surface area contributed by atoms with Crippen LogP contribution in [0.1, 0.15) is 32.5 Å². The van der Waals surface area contributed by atoms with Gasteiger partial charge in [0.2, 0.25) is 0 Å². The number of hydrogen-bond acceptors (Lipinski definition) is 4. The molecule has 2 aromatic rings. The average molecular weight is 219 g/mol. The van der Waals surface area contributed by atoms with E-state index in [-0.39, 0.29) is 0 Å². The Morgan fingerprint density at radius 3 is 2.69 bits per heavy atom. The number of nitrogens with one attached hydrogen (secondary N) is 1. The maximum Gasteiger partial charge on any atom is 0.178 e. The van der Waals surface area contributed by atoms with E-state index in [9.17, 15) is 0 Å². The van der Waals surface area contributed by atoms with Crippen molar-refractivity contribution in [3.05, 3.63) is 18.0 Å². The van der Waals surface area contributed by atoms with Crippen molar-refractivity contribution < 1.29 is 0 Å².